The molecule has 0 aliphatic carbocycles. The minimum absolute atomic E-state index is 0. The van der Waals surface area contributed by atoms with E-state index < -0.39 is 0 Å². The highest BCUT2D eigenvalue weighted by Crippen LogP contribution is 2.16. The number of nitrogens with two attached hydrogens (primary N) is 2. The number of hydrogen-bond acceptors (Lipinski definition) is 2. The number of halogens is 1. The molecule has 0 fully saturated rings. The molecule has 0 aromatic heterocycles. The van der Waals surface area contributed by atoms with Gasteiger partial charge in [0.15, 0.2) is 0 Å². The Labute approximate surface area is 85.7 Å². The summed E-state index contributed by atoms with van der Waals surface area (Å²) < 4.78 is 0. The molecule has 1 rings (SSSR count). The van der Waals surface area contributed by atoms with Gasteiger partial charge in [-0.1, -0.05) is 23.8 Å². The van der Waals surface area contributed by atoms with E-state index in [1.807, 2.05) is 0 Å². The van der Waals surface area contributed by atoms with Crippen LogP contribution in [0.1, 0.15) is 22.7 Å². The minimum atomic E-state index is -0.0232. The molecule has 1 aromatic rings. The van der Waals surface area contributed by atoms with Crippen LogP contribution in [0, 0.1) is 13.8 Å². The van der Waals surface area contributed by atoms with E-state index in [4.69, 9.17) is 11.5 Å². The normalized spacial score (nSPS) is 12.0. The summed E-state index contributed by atoms with van der Waals surface area (Å²) in [4.78, 5) is 0. The van der Waals surface area contributed by atoms with Gasteiger partial charge in [-0.2, -0.15) is 0 Å². The fourth-order valence-electron chi connectivity index (χ4n) is 1.29. The molecule has 0 amide bonds. The van der Waals surface area contributed by atoms with Crippen molar-refractivity contribution in [2.45, 2.75) is 19.9 Å². The average molecular weight is 201 g/mol. The predicted octanol–water partition coefficient (Wildman–Crippen LogP) is 1.68. The van der Waals surface area contributed by atoms with Crippen LogP contribution in [-0.4, -0.2) is 6.54 Å². The SMILES string of the molecule is Cc1ccc(C)c([C@@H](N)CN)c1.Cl. The quantitative estimate of drug-likeness (QED) is 0.764. The van der Waals surface area contributed by atoms with Crippen LogP contribution in [0.5, 0.6) is 0 Å². The van der Waals surface area contributed by atoms with Gasteiger partial charge in [0.05, 0.1) is 0 Å². The van der Waals surface area contributed by atoms with Gasteiger partial charge in [0.1, 0.15) is 0 Å². The smallest absolute Gasteiger partial charge is 0.0422 e. The number of hydrogen-bond donors (Lipinski definition) is 2. The van der Waals surface area contributed by atoms with Gasteiger partial charge in [0.25, 0.3) is 0 Å². The molecule has 1 atom stereocenters. The lowest BCUT2D eigenvalue weighted by atomic mass is 10.00. The van der Waals surface area contributed by atoms with Crippen LogP contribution in [0.25, 0.3) is 0 Å². The zero-order chi connectivity index (χ0) is 9.14. The summed E-state index contributed by atoms with van der Waals surface area (Å²) in [7, 11) is 0. The molecule has 0 heterocycles. The number of aryl methyl sites for hydroxylation is 2. The van der Waals surface area contributed by atoms with Crippen LogP contribution in [0.3, 0.4) is 0 Å². The Bertz CT molecular complexity index is 274. The van der Waals surface area contributed by atoms with E-state index in [1.165, 1.54) is 11.1 Å². The molecule has 2 nitrogen and oxygen atoms in total. The first kappa shape index (κ1) is 12.4. The van der Waals surface area contributed by atoms with Gasteiger partial charge in [0, 0.05) is 12.6 Å². The Balaban J connectivity index is 0.00000144. The second kappa shape index (κ2) is 5.22. The van der Waals surface area contributed by atoms with E-state index in [9.17, 15) is 0 Å². The molecule has 1 aromatic carbocycles. The molecule has 0 saturated carbocycles. The van der Waals surface area contributed by atoms with Crippen LogP contribution in [0.2, 0.25) is 0 Å². The van der Waals surface area contributed by atoms with E-state index in [2.05, 4.69) is 32.0 Å². The first-order chi connectivity index (χ1) is 5.65. The highest BCUT2D eigenvalue weighted by atomic mass is 35.5. The lowest BCUT2D eigenvalue weighted by Crippen LogP contribution is -2.21. The molecule has 0 aliphatic heterocycles. The van der Waals surface area contributed by atoms with E-state index in [-0.39, 0.29) is 18.4 Å². The number of benzene rings is 1. The fraction of sp³-hybridized carbons (Fsp3) is 0.400. The number of rotatable bonds is 2. The summed E-state index contributed by atoms with van der Waals surface area (Å²) in [6.07, 6.45) is 0. The summed E-state index contributed by atoms with van der Waals surface area (Å²) in [6.45, 7) is 4.63. The van der Waals surface area contributed by atoms with Gasteiger partial charge in [-0.15, -0.1) is 12.4 Å². The maximum absolute atomic E-state index is 5.84. The molecule has 3 heteroatoms. The van der Waals surface area contributed by atoms with Crippen LogP contribution in [0.4, 0.5) is 0 Å². The van der Waals surface area contributed by atoms with Crippen molar-refractivity contribution in [2.75, 3.05) is 6.54 Å². The van der Waals surface area contributed by atoms with Crippen LogP contribution < -0.4 is 11.5 Å². The summed E-state index contributed by atoms with van der Waals surface area (Å²) >= 11 is 0. The molecule has 0 bridgehead atoms. The van der Waals surface area contributed by atoms with Crippen molar-refractivity contribution in [1.82, 2.24) is 0 Å². The lowest BCUT2D eigenvalue weighted by molar-refractivity contribution is 0.731. The molecule has 74 valence electrons. The Morgan fingerprint density at radius 2 is 1.92 bits per heavy atom. The van der Waals surface area contributed by atoms with Crippen molar-refractivity contribution in [2.24, 2.45) is 11.5 Å². The van der Waals surface area contributed by atoms with Crippen molar-refractivity contribution in [3.8, 4) is 0 Å². The van der Waals surface area contributed by atoms with Crippen molar-refractivity contribution in [3.05, 3.63) is 34.9 Å². The molecule has 13 heavy (non-hydrogen) atoms. The molecular weight excluding hydrogens is 184 g/mol. The molecule has 0 radical (unpaired) electrons. The van der Waals surface area contributed by atoms with Gasteiger partial charge in [-0.3, -0.25) is 0 Å². The molecule has 4 N–H and O–H groups in total. The van der Waals surface area contributed by atoms with E-state index >= 15 is 0 Å². The van der Waals surface area contributed by atoms with Gasteiger partial charge in [-0.05, 0) is 25.0 Å². The van der Waals surface area contributed by atoms with Crippen LogP contribution in [-0.2, 0) is 0 Å². The monoisotopic (exact) mass is 200 g/mol. The molecule has 0 aliphatic rings. The predicted molar refractivity (Wildman–Crippen MR) is 59.1 cm³/mol. The zero-order valence-electron chi connectivity index (χ0n) is 8.08. The van der Waals surface area contributed by atoms with Crippen molar-refractivity contribution in [3.63, 3.8) is 0 Å². The van der Waals surface area contributed by atoms with Crippen LogP contribution >= 0.6 is 12.4 Å². The lowest BCUT2D eigenvalue weighted by Gasteiger charge is -2.12. The molecule has 0 spiro atoms. The Morgan fingerprint density at radius 3 is 2.46 bits per heavy atom. The summed E-state index contributed by atoms with van der Waals surface area (Å²) in [5.41, 5.74) is 15.0. The molecule has 0 saturated heterocycles. The van der Waals surface area contributed by atoms with Gasteiger partial charge in [-0.25, -0.2) is 0 Å². The zero-order valence-corrected chi connectivity index (χ0v) is 8.90. The topological polar surface area (TPSA) is 52.0 Å². The molecular formula is C10H17ClN2. The van der Waals surface area contributed by atoms with E-state index in [0.717, 1.165) is 5.56 Å². The Morgan fingerprint density at radius 1 is 1.31 bits per heavy atom. The second-order valence-electron chi connectivity index (χ2n) is 3.20. The average Bonchev–Trinajstić information content (AvgIpc) is 2.08. The summed E-state index contributed by atoms with van der Waals surface area (Å²) in [5.74, 6) is 0. The summed E-state index contributed by atoms with van der Waals surface area (Å²) in [6, 6.07) is 6.25. The van der Waals surface area contributed by atoms with E-state index in [1.54, 1.807) is 0 Å². The first-order valence-corrected chi connectivity index (χ1v) is 4.18. The van der Waals surface area contributed by atoms with Crippen LogP contribution in [0.15, 0.2) is 18.2 Å². The third-order valence-corrected chi connectivity index (χ3v) is 2.09. The van der Waals surface area contributed by atoms with Crippen molar-refractivity contribution >= 4 is 12.4 Å². The second-order valence-corrected chi connectivity index (χ2v) is 3.20. The highest BCUT2D eigenvalue weighted by molar-refractivity contribution is 5.85. The fourth-order valence-corrected chi connectivity index (χ4v) is 1.29. The maximum atomic E-state index is 5.84. The van der Waals surface area contributed by atoms with Gasteiger partial charge in [0.2, 0.25) is 0 Å². The van der Waals surface area contributed by atoms with Crippen molar-refractivity contribution < 1.29 is 0 Å². The minimum Gasteiger partial charge on any atom is -0.329 e. The molecule has 0 unspecified atom stereocenters. The third kappa shape index (κ3) is 2.99. The third-order valence-electron chi connectivity index (χ3n) is 2.09. The maximum Gasteiger partial charge on any atom is 0.0422 e. The van der Waals surface area contributed by atoms with E-state index in [0.29, 0.717) is 6.54 Å². The Hall–Kier alpha value is -0.570. The Kier molecular flexibility index (Phi) is 4.99. The van der Waals surface area contributed by atoms with Gasteiger partial charge < -0.3 is 11.5 Å². The first-order valence-electron chi connectivity index (χ1n) is 4.18. The summed E-state index contributed by atoms with van der Waals surface area (Å²) in [5, 5.41) is 0. The van der Waals surface area contributed by atoms with Crippen molar-refractivity contribution in [1.29, 1.82) is 0 Å². The van der Waals surface area contributed by atoms with Gasteiger partial charge >= 0.3 is 0 Å². The highest BCUT2D eigenvalue weighted by Gasteiger charge is 2.05. The standard InChI is InChI=1S/C10H16N2.ClH/c1-7-3-4-8(2)9(5-7)10(12)6-11;/h3-5,10H,6,11-12H2,1-2H3;1H/t10-;/m0./s1. The largest absolute Gasteiger partial charge is 0.329 e.